The van der Waals surface area contributed by atoms with Gasteiger partial charge in [0.2, 0.25) is 5.88 Å². The van der Waals surface area contributed by atoms with Crippen molar-refractivity contribution in [3.8, 4) is 5.88 Å². The van der Waals surface area contributed by atoms with Gasteiger partial charge < -0.3 is 10.1 Å². The number of hydrogen-bond donors (Lipinski definition) is 1. The third-order valence-electron chi connectivity index (χ3n) is 2.42. The standard InChI is InChI=1S/C10H15N3OS/c1-15-10-12-5-3-9(13-10)14-7-8-2-4-11-6-8/h3,5,8,11H,2,4,6-7H2,1H3/t8-/m1/s1. The van der Waals surface area contributed by atoms with Crippen LogP contribution in [0.1, 0.15) is 6.42 Å². The van der Waals surface area contributed by atoms with Crippen molar-refractivity contribution >= 4 is 11.8 Å². The molecule has 4 nitrogen and oxygen atoms in total. The Morgan fingerprint density at radius 2 is 2.60 bits per heavy atom. The van der Waals surface area contributed by atoms with Gasteiger partial charge in [0.1, 0.15) is 0 Å². The lowest BCUT2D eigenvalue weighted by molar-refractivity contribution is 0.249. The summed E-state index contributed by atoms with van der Waals surface area (Å²) in [7, 11) is 0. The van der Waals surface area contributed by atoms with Crippen molar-refractivity contribution in [1.82, 2.24) is 15.3 Å². The summed E-state index contributed by atoms with van der Waals surface area (Å²) < 4.78 is 5.63. The number of hydrogen-bond acceptors (Lipinski definition) is 5. The molecule has 0 bridgehead atoms. The predicted molar refractivity (Wildman–Crippen MR) is 60.3 cm³/mol. The monoisotopic (exact) mass is 225 g/mol. The maximum Gasteiger partial charge on any atom is 0.217 e. The van der Waals surface area contributed by atoms with Crippen LogP contribution in [0.25, 0.3) is 0 Å². The molecule has 0 aromatic carbocycles. The summed E-state index contributed by atoms with van der Waals surface area (Å²) in [5.41, 5.74) is 0. The molecule has 1 saturated heterocycles. The van der Waals surface area contributed by atoms with Crippen molar-refractivity contribution in [2.24, 2.45) is 5.92 Å². The summed E-state index contributed by atoms with van der Waals surface area (Å²) in [4.78, 5) is 8.36. The molecule has 0 aliphatic carbocycles. The Kier molecular flexibility index (Phi) is 3.80. The average Bonchev–Trinajstić information content (AvgIpc) is 2.79. The maximum atomic E-state index is 5.63. The fourth-order valence-electron chi connectivity index (χ4n) is 1.56. The summed E-state index contributed by atoms with van der Waals surface area (Å²) in [6.45, 7) is 2.91. The zero-order chi connectivity index (χ0) is 10.5. The number of ether oxygens (including phenoxy) is 1. The van der Waals surface area contributed by atoms with Gasteiger partial charge in [0, 0.05) is 24.7 Å². The van der Waals surface area contributed by atoms with E-state index in [0.29, 0.717) is 11.8 Å². The van der Waals surface area contributed by atoms with E-state index in [9.17, 15) is 0 Å². The molecule has 1 aliphatic rings. The van der Waals surface area contributed by atoms with Gasteiger partial charge >= 0.3 is 0 Å². The van der Waals surface area contributed by atoms with Gasteiger partial charge in [-0.05, 0) is 19.2 Å². The summed E-state index contributed by atoms with van der Waals surface area (Å²) >= 11 is 1.53. The van der Waals surface area contributed by atoms with Crippen LogP contribution < -0.4 is 10.1 Å². The quantitative estimate of drug-likeness (QED) is 0.616. The molecular formula is C10H15N3OS. The molecule has 1 aromatic rings. The first-order chi connectivity index (χ1) is 7.38. The van der Waals surface area contributed by atoms with Gasteiger partial charge in [0.25, 0.3) is 0 Å². The van der Waals surface area contributed by atoms with E-state index in [4.69, 9.17) is 4.74 Å². The number of aromatic nitrogens is 2. The van der Waals surface area contributed by atoms with E-state index in [0.717, 1.165) is 24.9 Å². The van der Waals surface area contributed by atoms with Crippen LogP contribution in [0, 0.1) is 5.92 Å². The van der Waals surface area contributed by atoms with Gasteiger partial charge in [0.15, 0.2) is 5.16 Å². The van der Waals surface area contributed by atoms with E-state index in [-0.39, 0.29) is 0 Å². The molecule has 1 fully saturated rings. The van der Waals surface area contributed by atoms with Crippen molar-refractivity contribution in [2.45, 2.75) is 11.6 Å². The first-order valence-electron chi connectivity index (χ1n) is 5.09. The van der Waals surface area contributed by atoms with Crippen LogP contribution in [0.4, 0.5) is 0 Å². The normalized spacial score (nSPS) is 20.5. The fourth-order valence-corrected chi connectivity index (χ4v) is 1.91. The van der Waals surface area contributed by atoms with Crippen molar-refractivity contribution in [3.05, 3.63) is 12.3 Å². The second kappa shape index (κ2) is 5.32. The molecule has 0 radical (unpaired) electrons. The minimum Gasteiger partial charge on any atom is -0.477 e. The lowest BCUT2D eigenvalue weighted by Gasteiger charge is -2.09. The molecule has 1 atom stereocenters. The van der Waals surface area contributed by atoms with Gasteiger partial charge in [-0.1, -0.05) is 11.8 Å². The highest BCUT2D eigenvalue weighted by atomic mass is 32.2. The molecule has 1 aromatic heterocycles. The Hall–Kier alpha value is -0.810. The van der Waals surface area contributed by atoms with Crippen LogP contribution in [0.5, 0.6) is 5.88 Å². The lowest BCUT2D eigenvalue weighted by Crippen LogP contribution is -2.15. The second-order valence-corrected chi connectivity index (χ2v) is 4.32. The van der Waals surface area contributed by atoms with E-state index in [1.807, 2.05) is 12.3 Å². The van der Waals surface area contributed by atoms with Crippen LogP contribution in [0.2, 0.25) is 0 Å². The summed E-state index contributed by atoms with van der Waals surface area (Å²) in [6, 6.07) is 1.81. The van der Waals surface area contributed by atoms with E-state index in [1.54, 1.807) is 6.20 Å². The van der Waals surface area contributed by atoms with E-state index < -0.39 is 0 Å². The third-order valence-corrected chi connectivity index (χ3v) is 2.98. The van der Waals surface area contributed by atoms with Gasteiger partial charge in [0.05, 0.1) is 6.61 Å². The summed E-state index contributed by atoms with van der Waals surface area (Å²) in [5.74, 6) is 1.30. The fraction of sp³-hybridized carbons (Fsp3) is 0.600. The molecule has 0 saturated carbocycles. The molecule has 1 aliphatic heterocycles. The molecule has 0 unspecified atom stereocenters. The van der Waals surface area contributed by atoms with Gasteiger partial charge in [-0.15, -0.1) is 0 Å². The minimum atomic E-state index is 0.623. The molecule has 2 rings (SSSR count). The Balaban J connectivity index is 1.86. The largest absolute Gasteiger partial charge is 0.477 e. The third kappa shape index (κ3) is 3.07. The van der Waals surface area contributed by atoms with Gasteiger partial charge in [-0.2, -0.15) is 4.98 Å². The lowest BCUT2D eigenvalue weighted by atomic mass is 10.1. The molecule has 82 valence electrons. The van der Waals surface area contributed by atoms with Crippen molar-refractivity contribution in [2.75, 3.05) is 26.0 Å². The van der Waals surface area contributed by atoms with Crippen LogP contribution in [0.15, 0.2) is 17.4 Å². The Labute approximate surface area is 93.8 Å². The highest BCUT2D eigenvalue weighted by molar-refractivity contribution is 7.98. The number of nitrogens with one attached hydrogen (secondary N) is 1. The molecule has 5 heteroatoms. The van der Waals surface area contributed by atoms with Crippen LogP contribution in [0.3, 0.4) is 0 Å². The highest BCUT2D eigenvalue weighted by Crippen LogP contribution is 2.14. The maximum absolute atomic E-state index is 5.63. The molecule has 15 heavy (non-hydrogen) atoms. The van der Waals surface area contributed by atoms with Crippen LogP contribution >= 0.6 is 11.8 Å². The minimum absolute atomic E-state index is 0.623. The molecule has 2 heterocycles. The van der Waals surface area contributed by atoms with E-state index >= 15 is 0 Å². The number of nitrogens with zero attached hydrogens (tertiary/aromatic N) is 2. The van der Waals surface area contributed by atoms with E-state index in [2.05, 4.69) is 15.3 Å². The van der Waals surface area contributed by atoms with Crippen molar-refractivity contribution in [3.63, 3.8) is 0 Å². The molecular weight excluding hydrogens is 210 g/mol. The van der Waals surface area contributed by atoms with Crippen LogP contribution in [-0.2, 0) is 0 Å². The Bertz CT molecular complexity index is 315. The zero-order valence-electron chi connectivity index (χ0n) is 8.77. The van der Waals surface area contributed by atoms with Gasteiger partial charge in [-0.3, -0.25) is 0 Å². The van der Waals surface area contributed by atoms with Gasteiger partial charge in [-0.25, -0.2) is 4.98 Å². The molecule has 0 amide bonds. The molecule has 0 spiro atoms. The Morgan fingerprint density at radius 3 is 3.33 bits per heavy atom. The topological polar surface area (TPSA) is 47.0 Å². The number of thioether (sulfide) groups is 1. The summed E-state index contributed by atoms with van der Waals surface area (Å²) in [5, 5.41) is 4.08. The predicted octanol–water partition coefficient (Wildman–Crippen LogP) is 1.19. The SMILES string of the molecule is CSc1nccc(OC[C@@H]2CCNC2)n1. The smallest absolute Gasteiger partial charge is 0.217 e. The van der Waals surface area contributed by atoms with Crippen molar-refractivity contribution in [1.29, 1.82) is 0 Å². The van der Waals surface area contributed by atoms with Crippen LogP contribution in [-0.4, -0.2) is 35.9 Å². The molecule has 1 N–H and O–H groups in total. The zero-order valence-corrected chi connectivity index (χ0v) is 9.59. The number of rotatable bonds is 4. The van der Waals surface area contributed by atoms with Crippen molar-refractivity contribution < 1.29 is 4.74 Å². The summed E-state index contributed by atoms with van der Waals surface area (Å²) in [6.07, 6.45) is 4.89. The second-order valence-electron chi connectivity index (χ2n) is 3.55. The Morgan fingerprint density at radius 1 is 1.67 bits per heavy atom. The first-order valence-corrected chi connectivity index (χ1v) is 6.31. The first kappa shape index (κ1) is 10.7. The van der Waals surface area contributed by atoms with E-state index in [1.165, 1.54) is 18.2 Å². The highest BCUT2D eigenvalue weighted by Gasteiger charge is 2.15. The average molecular weight is 225 g/mol.